The molecule has 0 fully saturated rings. The lowest BCUT2D eigenvalue weighted by Crippen LogP contribution is -2.03. The van der Waals surface area contributed by atoms with Crippen molar-refractivity contribution >= 4 is 53.8 Å². The molecule has 1 N–H and O–H groups in total. The lowest BCUT2D eigenvalue weighted by atomic mass is 10.3. The molecule has 0 aliphatic heterocycles. The first-order valence-corrected chi connectivity index (χ1v) is 8.21. The van der Waals surface area contributed by atoms with Crippen molar-refractivity contribution in [2.45, 2.75) is 13.5 Å². The number of rotatable bonds is 3. The maximum atomic E-state index is 4.54. The van der Waals surface area contributed by atoms with Crippen molar-refractivity contribution in [1.29, 1.82) is 0 Å². The number of hydrogen-bond donors (Lipinski definition) is 1. The van der Waals surface area contributed by atoms with Gasteiger partial charge in [0.1, 0.15) is 0 Å². The summed E-state index contributed by atoms with van der Waals surface area (Å²) < 4.78 is 4.25. The Balaban J connectivity index is 1.85. The molecule has 98 valence electrons. The van der Waals surface area contributed by atoms with Gasteiger partial charge in [-0.05, 0) is 41.1 Å². The minimum atomic E-state index is 0.754. The third-order valence-electron chi connectivity index (χ3n) is 2.94. The van der Waals surface area contributed by atoms with E-state index in [1.165, 1.54) is 5.69 Å². The SMILES string of the molecule is Cc1nc2sccn2c1CNc1ccc(Br)cc1Br. The van der Waals surface area contributed by atoms with E-state index in [-0.39, 0.29) is 0 Å². The highest BCUT2D eigenvalue weighted by Crippen LogP contribution is 2.27. The molecule has 0 aliphatic rings. The number of nitrogens with one attached hydrogen (secondary N) is 1. The molecule has 0 saturated heterocycles. The second kappa shape index (κ2) is 5.26. The summed E-state index contributed by atoms with van der Waals surface area (Å²) in [4.78, 5) is 5.59. The monoisotopic (exact) mass is 399 g/mol. The van der Waals surface area contributed by atoms with Crippen molar-refractivity contribution in [1.82, 2.24) is 9.38 Å². The van der Waals surface area contributed by atoms with E-state index < -0.39 is 0 Å². The summed E-state index contributed by atoms with van der Waals surface area (Å²) in [6.07, 6.45) is 2.06. The fourth-order valence-electron chi connectivity index (χ4n) is 1.97. The highest BCUT2D eigenvalue weighted by atomic mass is 79.9. The molecule has 0 unspecified atom stereocenters. The van der Waals surface area contributed by atoms with E-state index in [4.69, 9.17) is 0 Å². The summed E-state index contributed by atoms with van der Waals surface area (Å²) in [6, 6.07) is 6.11. The summed E-state index contributed by atoms with van der Waals surface area (Å²) in [5.74, 6) is 0. The lowest BCUT2D eigenvalue weighted by molar-refractivity contribution is 0.993. The fraction of sp³-hybridized carbons (Fsp3) is 0.154. The van der Waals surface area contributed by atoms with E-state index in [2.05, 4.69) is 64.2 Å². The van der Waals surface area contributed by atoms with Crippen molar-refractivity contribution in [3.8, 4) is 0 Å². The Morgan fingerprint density at radius 1 is 1.37 bits per heavy atom. The molecule has 0 radical (unpaired) electrons. The number of aryl methyl sites for hydroxylation is 1. The van der Waals surface area contributed by atoms with Gasteiger partial charge in [-0.1, -0.05) is 15.9 Å². The summed E-state index contributed by atoms with van der Waals surface area (Å²) >= 11 is 8.67. The third-order valence-corrected chi connectivity index (χ3v) is 4.84. The minimum absolute atomic E-state index is 0.754. The first-order valence-electron chi connectivity index (χ1n) is 5.75. The van der Waals surface area contributed by atoms with Crippen LogP contribution in [0.25, 0.3) is 4.96 Å². The Morgan fingerprint density at radius 3 is 3.00 bits per heavy atom. The molecule has 1 aromatic carbocycles. The van der Waals surface area contributed by atoms with Crippen molar-refractivity contribution in [3.63, 3.8) is 0 Å². The Bertz CT molecular complexity index is 733. The predicted octanol–water partition coefficient (Wildman–Crippen LogP) is 4.84. The normalized spacial score (nSPS) is 11.1. The molecule has 3 aromatic rings. The van der Waals surface area contributed by atoms with Gasteiger partial charge in [-0.2, -0.15) is 0 Å². The van der Waals surface area contributed by atoms with Crippen LogP contribution in [0.1, 0.15) is 11.4 Å². The van der Waals surface area contributed by atoms with E-state index in [0.29, 0.717) is 0 Å². The smallest absolute Gasteiger partial charge is 0.194 e. The minimum Gasteiger partial charge on any atom is -0.378 e. The Kier molecular flexibility index (Phi) is 3.64. The molecular weight excluding hydrogens is 390 g/mol. The van der Waals surface area contributed by atoms with Crippen molar-refractivity contribution in [2.24, 2.45) is 0 Å². The average Bonchev–Trinajstić information content (AvgIpc) is 2.90. The molecule has 0 saturated carbocycles. The standard InChI is InChI=1S/C13H11Br2N3S/c1-8-12(18-4-5-19-13(18)17-8)7-16-11-3-2-9(14)6-10(11)15/h2-6,16H,7H2,1H3. The summed E-state index contributed by atoms with van der Waals surface area (Å²) in [6.45, 7) is 2.80. The van der Waals surface area contributed by atoms with Crippen LogP contribution in [0.15, 0.2) is 38.7 Å². The molecule has 0 aliphatic carbocycles. The number of aromatic nitrogens is 2. The van der Waals surface area contributed by atoms with Crippen LogP contribution in [0.3, 0.4) is 0 Å². The van der Waals surface area contributed by atoms with Crippen LogP contribution in [-0.4, -0.2) is 9.38 Å². The van der Waals surface area contributed by atoms with Crippen molar-refractivity contribution in [3.05, 3.63) is 50.1 Å². The van der Waals surface area contributed by atoms with Crippen molar-refractivity contribution in [2.75, 3.05) is 5.32 Å². The van der Waals surface area contributed by atoms with Gasteiger partial charge in [0, 0.05) is 26.2 Å². The lowest BCUT2D eigenvalue weighted by Gasteiger charge is -2.09. The Hall–Kier alpha value is -0.850. The number of thiazole rings is 1. The number of halogens is 2. The van der Waals surface area contributed by atoms with Crippen LogP contribution in [0.2, 0.25) is 0 Å². The van der Waals surface area contributed by atoms with Gasteiger partial charge in [0.15, 0.2) is 4.96 Å². The molecule has 3 rings (SSSR count). The number of fused-ring (bicyclic) bond motifs is 1. The number of hydrogen-bond acceptors (Lipinski definition) is 3. The van der Waals surface area contributed by atoms with Gasteiger partial charge in [-0.15, -0.1) is 11.3 Å². The number of anilines is 1. The molecule has 2 heterocycles. The summed E-state index contributed by atoms with van der Waals surface area (Å²) in [5, 5.41) is 5.50. The number of benzene rings is 1. The van der Waals surface area contributed by atoms with Gasteiger partial charge in [0.25, 0.3) is 0 Å². The zero-order chi connectivity index (χ0) is 13.4. The van der Waals surface area contributed by atoms with Crippen LogP contribution in [0.5, 0.6) is 0 Å². The highest BCUT2D eigenvalue weighted by Gasteiger charge is 2.09. The zero-order valence-corrected chi connectivity index (χ0v) is 14.1. The Labute approximate surface area is 131 Å². The number of nitrogens with zero attached hydrogens (tertiary/aromatic N) is 2. The van der Waals surface area contributed by atoms with Crippen LogP contribution in [0.4, 0.5) is 5.69 Å². The number of imidazole rings is 1. The van der Waals surface area contributed by atoms with Crippen molar-refractivity contribution < 1.29 is 0 Å². The van der Waals surface area contributed by atoms with E-state index in [0.717, 1.165) is 31.8 Å². The van der Waals surface area contributed by atoms with Crippen LogP contribution in [-0.2, 0) is 6.54 Å². The van der Waals surface area contributed by atoms with E-state index in [1.54, 1.807) is 11.3 Å². The molecule has 0 amide bonds. The van der Waals surface area contributed by atoms with Gasteiger partial charge in [0.2, 0.25) is 0 Å². The zero-order valence-electron chi connectivity index (χ0n) is 10.2. The van der Waals surface area contributed by atoms with E-state index in [9.17, 15) is 0 Å². The van der Waals surface area contributed by atoms with Gasteiger partial charge in [-0.3, -0.25) is 4.40 Å². The highest BCUT2D eigenvalue weighted by molar-refractivity contribution is 9.11. The quantitative estimate of drug-likeness (QED) is 0.681. The molecule has 0 atom stereocenters. The maximum Gasteiger partial charge on any atom is 0.194 e. The van der Waals surface area contributed by atoms with Gasteiger partial charge >= 0.3 is 0 Å². The third kappa shape index (κ3) is 2.57. The predicted molar refractivity (Wildman–Crippen MR) is 87.0 cm³/mol. The van der Waals surface area contributed by atoms with E-state index >= 15 is 0 Å². The molecule has 19 heavy (non-hydrogen) atoms. The molecule has 3 nitrogen and oxygen atoms in total. The molecule has 0 bridgehead atoms. The van der Waals surface area contributed by atoms with Crippen LogP contribution in [0, 0.1) is 6.92 Å². The topological polar surface area (TPSA) is 29.3 Å². The molecule has 6 heteroatoms. The first kappa shape index (κ1) is 13.1. The fourth-order valence-corrected chi connectivity index (χ4v) is 3.93. The first-order chi connectivity index (χ1) is 9.15. The Morgan fingerprint density at radius 2 is 2.21 bits per heavy atom. The molecule has 0 spiro atoms. The van der Waals surface area contributed by atoms with Gasteiger partial charge in [-0.25, -0.2) is 4.98 Å². The van der Waals surface area contributed by atoms with Crippen LogP contribution < -0.4 is 5.32 Å². The largest absolute Gasteiger partial charge is 0.378 e. The molecule has 2 aromatic heterocycles. The van der Waals surface area contributed by atoms with Crippen LogP contribution >= 0.6 is 43.2 Å². The summed E-state index contributed by atoms with van der Waals surface area (Å²) in [5.41, 5.74) is 3.35. The van der Waals surface area contributed by atoms with Gasteiger partial charge < -0.3 is 5.32 Å². The maximum absolute atomic E-state index is 4.54. The summed E-state index contributed by atoms with van der Waals surface area (Å²) in [7, 11) is 0. The second-order valence-electron chi connectivity index (χ2n) is 4.18. The van der Waals surface area contributed by atoms with E-state index in [1.807, 2.05) is 19.1 Å². The van der Waals surface area contributed by atoms with Gasteiger partial charge in [0.05, 0.1) is 17.9 Å². The average molecular weight is 401 g/mol. The molecular formula is C13H11Br2N3S. The second-order valence-corrected chi connectivity index (χ2v) is 6.82.